The summed E-state index contributed by atoms with van der Waals surface area (Å²) >= 11 is 0. The summed E-state index contributed by atoms with van der Waals surface area (Å²) in [5.74, 6) is 1.03. The van der Waals surface area contributed by atoms with E-state index in [2.05, 4.69) is 44.9 Å². The molecule has 3 aromatic heterocycles. The second-order valence-corrected chi connectivity index (χ2v) is 18.2. The van der Waals surface area contributed by atoms with E-state index in [9.17, 15) is 19.2 Å². The van der Waals surface area contributed by atoms with E-state index in [1.807, 2.05) is 76.8 Å². The van der Waals surface area contributed by atoms with Crippen LogP contribution in [0, 0.1) is 5.92 Å². The van der Waals surface area contributed by atoms with Crippen LogP contribution in [0.5, 0.6) is 0 Å². The summed E-state index contributed by atoms with van der Waals surface area (Å²) in [6.45, 7) is 3.30. The number of likely N-dealkylation sites (tertiary alicyclic amines) is 2. The summed E-state index contributed by atoms with van der Waals surface area (Å²) in [5.41, 5.74) is 6.04. The average Bonchev–Trinajstić information content (AvgIpc) is 4.26. The SMILES string of the molecule is COC(=O)N[C@H](C(=O)N1CCC[C@H]1c1ncc(-c2ccc3cc(-c4ccc(-c5cnc([C@@H]6CCCN6C(=O)[C@H](NC(=O)OC6CCOCC6)c6ccccc6)[nH]5)cc4)ncc3c2)[nH]1)C1CCOCC1. The summed E-state index contributed by atoms with van der Waals surface area (Å²) in [6, 6.07) is 23.6. The Kier molecular flexibility index (Phi) is 13.7. The number of carbonyl (C=O) groups is 4. The number of pyridine rings is 1. The third kappa shape index (κ3) is 10.1. The summed E-state index contributed by atoms with van der Waals surface area (Å²) in [4.78, 5) is 78.7. The normalized spacial score (nSPS) is 19.8. The molecule has 4 aliphatic heterocycles. The van der Waals surface area contributed by atoms with Crippen LogP contribution in [0.2, 0.25) is 0 Å². The Morgan fingerprint density at radius 2 is 1.25 bits per heavy atom. The number of methoxy groups -OCH3 is 1. The van der Waals surface area contributed by atoms with Gasteiger partial charge in [-0.1, -0.05) is 66.7 Å². The molecule has 0 bridgehead atoms. The van der Waals surface area contributed by atoms with Crippen LogP contribution in [0.4, 0.5) is 9.59 Å². The monoisotopic (exact) mass is 935 g/mol. The van der Waals surface area contributed by atoms with Crippen LogP contribution in [0.1, 0.15) is 86.7 Å². The van der Waals surface area contributed by atoms with Gasteiger partial charge in [0.1, 0.15) is 29.8 Å². The zero-order valence-electron chi connectivity index (χ0n) is 38.6. The molecule has 3 aromatic carbocycles. The van der Waals surface area contributed by atoms with Gasteiger partial charge in [-0.25, -0.2) is 19.6 Å². The molecule has 0 saturated carbocycles. The fourth-order valence-corrected chi connectivity index (χ4v) is 10.2. The molecule has 4 fully saturated rings. The molecule has 358 valence electrons. The lowest BCUT2D eigenvalue weighted by molar-refractivity contribution is -0.137. The number of amides is 4. The van der Waals surface area contributed by atoms with Crippen LogP contribution in [0.25, 0.3) is 44.5 Å². The van der Waals surface area contributed by atoms with Gasteiger partial charge < -0.3 is 49.3 Å². The molecule has 0 unspecified atom stereocenters. The molecular formula is C52H57N9O8. The van der Waals surface area contributed by atoms with Crippen molar-refractivity contribution >= 4 is 34.8 Å². The first-order chi connectivity index (χ1) is 33.8. The van der Waals surface area contributed by atoms with Gasteiger partial charge in [-0.3, -0.25) is 14.6 Å². The standard InChI is InChI=1S/C52H57N9O8/c1-66-51(64)58-46(35-17-23-67-24-18-35)50(63)61-22-6-10-44(61)48-55-31-42(57-48)37-16-15-36-28-40(53-29-38(36)27-37)32-11-13-33(14-12-32)41-30-54-47(56-41)43-9-5-21-60(43)49(62)45(34-7-3-2-4-8-34)59-52(65)69-39-19-25-68-26-20-39/h2-4,7-8,11-16,27-31,35,39,43-46H,5-6,9-10,17-26H2,1H3,(H,54,56)(H,55,57)(H,58,64)(H,59,65)/t43-,44-,45+,46-/m0/s1. The zero-order valence-corrected chi connectivity index (χ0v) is 38.6. The van der Waals surface area contributed by atoms with Gasteiger partial charge >= 0.3 is 12.2 Å². The number of aromatic nitrogens is 5. The maximum Gasteiger partial charge on any atom is 0.408 e. The van der Waals surface area contributed by atoms with E-state index in [-0.39, 0.29) is 35.9 Å². The second-order valence-electron chi connectivity index (χ2n) is 18.2. The minimum Gasteiger partial charge on any atom is -0.453 e. The minimum atomic E-state index is -0.911. The van der Waals surface area contributed by atoms with Crippen molar-refractivity contribution in [3.63, 3.8) is 0 Å². The molecule has 10 rings (SSSR count). The van der Waals surface area contributed by atoms with E-state index in [4.69, 9.17) is 33.9 Å². The molecule has 4 N–H and O–H groups in total. The first-order valence-electron chi connectivity index (χ1n) is 24.0. The number of fused-ring (bicyclic) bond motifs is 1. The Morgan fingerprint density at radius 1 is 0.638 bits per heavy atom. The third-order valence-electron chi connectivity index (χ3n) is 14.0. The molecule has 4 saturated heterocycles. The van der Waals surface area contributed by atoms with Gasteiger partial charge in [0.05, 0.1) is 61.9 Å². The van der Waals surface area contributed by atoms with E-state index >= 15 is 0 Å². The first kappa shape index (κ1) is 45.7. The van der Waals surface area contributed by atoms with Crippen LogP contribution in [-0.2, 0) is 28.5 Å². The molecular weight excluding hydrogens is 879 g/mol. The molecule has 17 heteroatoms. The molecule has 4 aliphatic rings. The molecule has 17 nitrogen and oxygen atoms in total. The van der Waals surface area contributed by atoms with Gasteiger partial charge in [-0.2, -0.15) is 0 Å². The average molecular weight is 936 g/mol. The Labute approximate surface area is 399 Å². The molecule has 4 amide bonds. The number of carbonyl (C=O) groups excluding carboxylic acids is 4. The van der Waals surface area contributed by atoms with Gasteiger partial charge in [-0.05, 0) is 73.1 Å². The molecule has 0 spiro atoms. The number of imidazole rings is 2. The smallest absolute Gasteiger partial charge is 0.408 e. The Morgan fingerprint density at radius 3 is 1.91 bits per heavy atom. The van der Waals surface area contributed by atoms with E-state index < -0.39 is 24.3 Å². The lowest BCUT2D eigenvalue weighted by Crippen LogP contribution is -2.53. The van der Waals surface area contributed by atoms with Crippen molar-refractivity contribution in [2.75, 3.05) is 46.6 Å². The van der Waals surface area contributed by atoms with E-state index in [0.29, 0.717) is 82.4 Å². The Balaban J connectivity index is 0.797. The lowest BCUT2D eigenvalue weighted by atomic mass is 9.90. The van der Waals surface area contributed by atoms with Crippen LogP contribution in [-0.4, -0.2) is 117 Å². The van der Waals surface area contributed by atoms with Crippen molar-refractivity contribution in [2.45, 2.75) is 81.6 Å². The molecule has 7 heterocycles. The van der Waals surface area contributed by atoms with Gasteiger partial charge in [0.2, 0.25) is 5.91 Å². The van der Waals surface area contributed by atoms with Crippen LogP contribution < -0.4 is 10.6 Å². The van der Waals surface area contributed by atoms with Crippen molar-refractivity contribution in [3.05, 3.63) is 115 Å². The van der Waals surface area contributed by atoms with Crippen molar-refractivity contribution < 1.29 is 38.1 Å². The number of ether oxygens (including phenoxy) is 4. The number of nitrogens with one attached hydrogen (secondary N) is 4. The number of hydrogen-bond donors (Lipinski definition) is 4. The lowest BCUT2D eigenvalue weighted by Gasteiger charge is -2.34. The molecule has 0 radical (unpaired) electrons. The number of hydrogen-bond acceptors (Lipinski definition) is 11. The summed E-state index contributed by atoms with van der Waals surface area (Å²) < 4.78 is 21.5. The maximum absolute atomic E-state index is 14.3. The second kappa shape index (κ2) is 20.6. The number of alkyl carbamates (subject to hydrolysis) is 2. The molecule has 69 heavy (non-hydrogen) atoms. The third-order valence-corrected chi connectivity index (χ3v) is 14.0. The highest BCUT2D eigenvalue weighted by atomic mass is 16.6. The molecule has 4 atom stereocenters. The highest BCUT2D eigenvalue weighted by molar-refractivity contribution is 5.90. The van der Waals surface area contributed by atoms with Crippen molar-refractivity contribution in [2.24, 2.45) is 5.92 Å². The number of benzene rings is 3. The van der Waals surface area contributed by atoms with Crippen LogP contribution in [0.3, 0.4) is 0 Å². The molecule has 0 aliphatic carbocycles. The highest BCUT2D eigenvalue weighted by Gasteiger charge is 2.41. The summed E-state index contributed by atoms with van der Waals surface area (Å²) in [6.07, 6.45) is 9.77. The predicted octanol–water partition coefficient (Wildman–Crippen LogP) is 7.81. The van der Waals surface area contributed by atoms with Crippen molar-refractivity contribution in [1.29, 1.82) is 0 Å². The van der Waals surface area contributed by atoms with Crippen LogP contribution in [0.15, 0.2) is 97.5 Å². The number of H-pyrrole nitrogens is 2. The van der Waals surface area contributed by atoms with Gasteiger partial charge in [0.15, 0.2) is 0 Å². The topological polar surface area (TPSA) is 206 Å². The highest BCUT2D eigenvalue weighted by Crippen LogP contribution is 2.37. The summed E-state index contributed by atoms with van der Waals surface area (Å²) in [7, 11) is 1.31. The predicted molar refractivity (Wildman–Crippen MR) is 255 cm³/mol. The van der Waals surface area contributed by atoms with E-state index in [0.717, 1.165) is 70.2 Å². The van der Waals surface area contributed by atoms with Gasteiger partial charge in [0.25, 0.3) is 5.91 Å². The Bertz CT molecular complexity index is 2770. The first-order valence-corrected chi connectivity index (χ1v) is 24.0. The van der Waals surface area contributed by atoms with Crippen LogP contribution >= 0.6 is 0 Å². The fourth-order valence-electron chi connectivity index (χ4n) is 10.2. The maximum atomic E-state index is 14.3. The van der Waals surface area contributed by atoms with Crippen molar-refractivity contribution in [3.8, 4) is 33.8 Å². The minimum absolute atomic E-state index is 0.0384. The summed E-state index contributed by atoms with van der Waals surface area (Å²) in [5, 5.41) is 7.69. The largest absolute Gasteiger partial charge is 0.453 e. The van der Waals surface area contributed by atoms with Gasteiger partial charge in [-0.15, -0.1) is 0 Å². The zero-order chi connectivity index (χ0) is 47.3. The quantitative estimate of drug-likeness (QED) is 0.0931. The van der Waals surface area contributed by atoms with Gasteiger partial charge in [0, 0.05) is 61.9 Å². The number of rotatable bonds is 12. The number of nitrogens with zero attached hydrogens (tertiary/aromatic N) is 5. The molecule has 6 aromatic rings. The van der Waals surface area contributed by atoms with Crippen molar-refractivity contribution in [1.82, 2.24) is 45.4 Å². The van der Waals surface area contributed by atoms with E-state index in [1.165, 1.54) is 7.11 Å². The number of aromatic amines is 2. The Hall–Kier alpha value is -7.11. The fraction of sp³-hybridized carbons (Fsp3) is 0.404. The van der Waals surface area contributed by atoms with E-state index in [1.54, 1.807) is 6.20 Å².